The summed E-state index contributed by atoms with van der Waals surface area (Å²) in [7, 11) is 1.94. The summed E-state index contributed by atoms with van der Waals surface area (Å²) in [6.45, 7) is 1.17. The maximum atomic E-state index is 5.36. The Bertz CT molecular complexity index is 215. The van der Waals surface area contributed by atoms with Crippen LogP contribution in [0.4, 0.5) is 0 Å². The maximum Gasteiger partial charge on any atom is 0.168 e. The average Bonchev–Trinajstić information content (AvgIpc) is 2.27. The van der Waals surface area contributed by atoms with Gasteiger partial charge in [-0.25, -0.2) is 0 Å². The van der Waals surface area contributed by atoms with Crippen LogP contribution >= 0.6 is 12.2 Å². The van der Waals surface area contributed by atoms with Crippen molar-refractivity contribution < 1.29 is 0 Å². The molecule has 80 valence electrons. The topological polar surface area (TPSA) is 15.3 Å². The van der Waals surface area contributed by atoms with Crippen LogP contribution in [-0.2, 0) is 0 Å². The molecule has 0 bridgehead atoms. The molecule has 0 spiro atoms. The lowest BCUT2D eigenvalue weighted by Crippen LogP contribution is -2.52. The van der Waals surface area contributed by atoms with E-state index in [9.17, 15) is 0 Å². The number of rotatable bonds is 0. The van der Waals surface area contributed by atoms with Crippen molar-refractivity contribution in [2.24, 2.45) is 5.92 Å². The highest BCUT2D eigenvalue weighted by Gasteiger charge is 2.33. The lowest BCUT2D eigenvalue weighted by atomic mass is 9.78. The second-order valence-electron chi connectivity index (χ2n) is 4.50. The first-order chi connectivity index (χ1) is 6.83. The van der Waals surface area contributed by atoms with Crippen molar-refractivity contribution >= 4 is 17.3 Å². The molecule has 3 heteroatoms. The minimum Gasteiger partial charge on any atom is -0.366 e. The third-order valence-corrected chi connectivity index (χ3v) is 4.16. The van der Waals surface area contributed by atoms with E-state index in [0.29, 0.717) is 0 Å². The molecular weight excluding hydrogens is 192 g/mol. The van der Waals surface area contributed by atoms with Gasteiger partial charge in [-0.2, -0.15) is 0 Å². The Hall–Kier alpha value is -0.310. The van der Waals surface area contributed by atoms with Crippen molar-refractivity contribution in [3.63, 3.8) is 0 Å². The normalized spacial score (nSPS) is 32.2. The summed E-state index contributed by atoms with van der Waals surface area (Å²) in [5, 5.41) is 4.08. The molecule has 1 N–H and O–H groups in total. The molecule has 0 aromatic heterocycles. The zero-order valence-electron chi connectivity index (χ0n) is 8.96. The second-order valence-corrected chi connectivity index (χ2v) is 4.89. The summed E-state index contributed by atoms with van der Waals surface area (Å²) < 4.78 is 0. The smallest absolute Gasteiger partial charge is 0.168 e. The Balaban J connectivity index is 2.04. The minimum absolute atomic E-state index is 0.748. The van der Waals surface area contributed by atoms with Crippen molar-refractivity contribution in [3.05, 3.63) is 0 Å². The molecule has 1 aliphatic carbocycles. The van der Waals surface area contributed by atoms with E-state index in [1.54, 1.807) is 0 Å². The summed E-state index contributed by atoms with van der Waals surface area (Å²) in [6, 6.07) is 0.748. The van der Waals surface area contributed by atoms with E-state index in [-0.39, 0.29) is 0 Å². The van der Waals surface area contributed by atoms with E-state index in [1.807, 2.05) is 7.05 Å². The Morgan fingerprint density at radius 2 is 1.93 bits per heavy atom. The van der Waals surface area contributed by atoms with E-state index >= 15 is 0 Å². The lowest BCUT2D eigenvalue weighted by molar-refractivity contribution is 0.119. The quantitative estimate of drug-likeness (QED) is 0.619. The number of likely N-dealkylation sites (tertiary alicyclic amines) is 1. The van der Waals surface area contributed by atoms with Crippen molar-refractivity contribution in [2.45, 2.75) is 44.6 Å². The number of thiocarbonyl (C=S) groups is 1. The van der Waals surface area contributed by atoms with Gasteiger partial charge in [-0.1, -0.05) is 12.8 Å². The van der Waals surface area contributed by atoms with Gasteiger partial charge in [0.15, 0.2) is 5.11 Å². The molecule has 1 saturated heterocycles. The molecule has 14 heavy (non-hydrogen) atoms. The minimum atomic E-state index is 0.748. The summed E-state index contributed by atoms with van der Waals surface area (Å²) >= 11 is 5.36. The molecule has 0 unspecified atom stereocenters. The van der Waals surface area contributed by atoms with Crippen LogP contribution in [0.1, 0.15) is 38.5 Å². The molecule has 0 aromatic rings. The van der Waals surface area contributed by atoms with Crippen LogP contribution < -0.4 is 5.32 Å². The zero-order valence-corrected chi connectivity index (χ0v) is 9.78. The first kappa shape index (κ1) is 10.2. The fraction of sp³-hybridized carbons (Fsp3) is 0.909. The highest BCUT2D eigenvalue weighted by molar-refractivity contribution is 7.80. The highest BCUT2D eigenvalue weighted by Crippen LogP contribution is 2.35. The molecule has 2 atom stereocenters. The molecule has 2 aliphatic rings. The monoisotopic (exact) mass is 212 g/mol. The summed E-state index contributed by atoms with van der Waals surface area (Å²) in [6.07, 6.45) is 8.35. The molecule has 1 aliphatic heterocycles. The van der Waals surface area contributed by atoms with Crippen molar-refractivity contribution in [1.82, 2.24) is 10.2 Å². The van der Waals surface area contributed by atoms with Crippen LogP contribution in [0.15, 0.2) is 0 Å². The van der Waals surface area contributed by atoms with Gasteiger partial charge in [-0.15, -0.1) is 0 Å². The van der Waals surface area contributed by atoms with E-state index in [2.05, 4.69) is 10.2 Å². The van der Waals surface area contributed by atoms with Crippen LogP contribution in [-0.4, -0.2) is 29.6 Å². The van der Waals surface area contributed by atoms with Gasteiger partial charge in [0.05, 0.1) is 0 Å². The van der Waals surface area contributed by atoms with E-state index < -0.39 is 0 Å². The van der Waals surface area contributed by atoms with Gasteiger partial charge in [0, 0.05) is 19.6 Å². The van der Waals surface area contributed by atoms with E-state index in [0.717, 1.165) is 17.1 Å². The van der Waals surface area contributed by atoms with Gasteiger partial charge >= 0.3 is 0 Å². The van der Waals surface area contributed by atoms with Crippen molar-refractivity contribution in [1.29, 1.82) is 0 Å². The van der Waals surface area contributed by atoms with E-state index in [4.69, 9.17) is 12.2 Å². The largest absolute Gasteiger partial charge is 0.366 e. The molecule has 1 saturated carbocycles. The van der Waals surface area contributed by atoms with Gasteiger partial charge in [-0.05, 0) is 43.8 Å². The SMILES string of the molecule is CNC(=S)N1CCC[C@@H]2CCCC[C@H]21. The summed E-state index contributed by atoms with van der Waals surface area (Å²) in [4.78, 5) is 2.43. The summed E-state index contributed by atoms with van der Waals surface area (Å²) in [5.41, 5.74) is 0. The third-order valence-electron chi connectivity index (χ3n) is 3.72. The van der Waals surface area contributed by atoms with Gasteiger partial charge in [0.25, 0.3) is 0 Å². The molecule has 0 aromatic carbocycles. The van der Waals surface area contributed by atoms with Gasteiger partial charge in [0.1, 0.15) is 0 Å². The number of hydrogen-bond donors (Lipinski definition) is 1. The van der Waals surface area contributed by atoms with Crippen LogP contribution in [0.3, 0.4) is 0 Å². The Kier molecular flexibility index (Phi) is 3.26. The van der Waals surface area contributed by atoms with Crippen LogP contribution in [0.25, 0.3) is 0 Å². The standard InChI is InChI=1S/C11H20N2S/c1-12-11(14)13-8-4-6-9-5-2-3-7-10(9)13/h9-10H,2-8H2,1H3,(H,12,14)/t9-,10+/m0/s1. The Morgan fingerprint density at radius 1 is 1.21 bits per heavy atom. The molecule has 2 nitrogen and oxygen atoms in total. The van der Waals surface area contributed by atoms with E-state index in [1.165, 1.54) is 45.1 Å². The van der Waals surface area contributed by atoms with Crippen LogP contribution in [0.5, 0.6) is 0 Å². The van der Waals surface area contributed by atoms with Gasteiger partial charge in [0.2, 0.25) is 0 Å². The Morgan fingerprint density at radius 3 is 2.71 bits per heavy atom. The maximum absolute atomic E-state index is 5.36. The van der Waals surface area contributed by atoms with Gasteiger partial charge < -0.3 is 10.2 Å². The molecule has 1 heterocycles. The predicted octanol–water partition coefficient (Wildman–Crippen LogP) is 2.15. The molecule has 0 amide bonds. The fourth-order valence-corrected chi connectivity index (χ4v) is 3.25. The third kappa shape index (κ3) is 1.88. The first-order valence-electron chi connectivity index (χ1n) is 5.81. The number of hydrogen-bond acceptors (Lipinski definition) is 1. The Labute approximate surface area is 92.0 Å². The summed E-state index contributed by atoms with van der Waals surface area (Å²) in [5.74, 6) is 0.920. The average molecular weight is 212 g/mol. The van der Waals surface area contributed by atoms with Crippen molar-refractivity contribution in [2.75, 3.05) is 13.6 Å². The second kappa shape index (κ2) is 4.47. The number of fused-ring (bicyclic) bond motifs is 1. The lowest BCUT2D eigenvalue weighted by Gasteiger charge is -2.45. The number of nitrogens with one attached hydrogen (secondary N) is 1. The number of piperidine rings is 1. The molecule has 2 rings (SSSR count). The van der Waals surface area contributed by atoms with Crippen molar-refractivity contribution in [3.8, 4) is 0 Å². The fourth-order valence-electron chi connectivity index (χ4n) is 3.02. The molecular formula is C11H20N2S. The highest BCUT2D eigenvalue weighted by atomic mass is 32.1. The first-order valence-corrected chi connectivity index (χ1v) is 6.22. The number of nitrogens with zero attached hydrogens (tertiary/aromatic N) is 1. The van der Waals surface area contributed by atoms with Crippen LogP contribution in [0.2, 0.25) is 0 Å². The molecule has 2 fully saturated rings. The predicted molar refractivity (Wildman–Crippen MR) is 63.3 cm³/mol. The molecule has 0 radical (unpaired) electrons. The van der Waals surface area contributed by atoms with Gasteiger partial charge in [-0.3, -0.25) is 0 Å². The zero-order chi connectivity index (χ0) is 9.97. The van der Waals surface area contributed by atoms with Crippen LogP contribution in [0, 0.1) is 5.92 Å².